The Bertz CT molecular complexity index is 882. The van der Waals surface area contributed by atoms with Crippen LogP contribution in [0.5, 0.6) is 0 Å². The van der Waals surface area contributed by atoms with Gasteiger partial charge in [0.15, 0.2) is 15.7 Å². The highest BCUT2D eigenvalue weighted by Crippen LogP contribution is 2.30. The molecule has 0 aliphatic carbocycles. The number of hydrogen-bond acceptors (Lipinski definition) is 7. The van der Waals surface area contributed by atoms with Crippen molar-refractivity contribution in [3.8, 4) is 0 Å². The van der Waals surface area contributed by atoms with Crippen LogP contribution in [0.3, 0.4) is 0 Å². The lowest BCUT2D eigenvalue weighted by molar-refractivity contribution is 0.588. The minimum atomic E-state index is -3.44. The van der Waals surface area contributed by atoms with Crippen molar-refractivity contribution in [2.45, 2.75) is 36.5 Å². The first-order valence-corrected chi connectivity index (χ1v) is 10.4. The molecule has 0 spiro atoms. The quantitative estimate of drug-likeness (QED) is 0.692. The first-order chi connectivity index (χ1) is 12.4. The summed E-state index contributed by atoms with van der Waals surface area (Å²) in [5, 5.41) is 9.36. The lowest BCUT2D eigenvalue weighted by Crippen LogP contribution is -2.23. The monoisotopic (exact) mass is 395 g/mol. The summed E-state index contributed by atoms with van der Waals surface area (Å²) in [4.78, 5) is 8.84. The van der Waals surface area contributed by atoms with Crippen molar-refractivity contribution >= 4 is 38.9 Å². The molecule has 1 aliphatic rings. The summed E-state index contributed by atoms with van der Waals surface area (Å²) in [5.41, 5.74) is 0.440. The fraction of sp³-hybridized carbons (Fsp3) is 0.412. The van der Waals surface area contributed by atoms with E-state index in [0.717, 1.165) is 19.5 Å². The number of rotatable bonds is 6. The first kappa shape index (κ1) is 18.9. The fourth-order valence-electron chi connectivity index (χ4n) is 2.68. The van der Waals surface area contributed by atoms with Gasteiger partial charge in [0.25, 0.3) is 0 Å². The van der Waals surface area contributed by atoms with E-state index in [1.807, 2.05) is 0 Å². The summed E-state index contributed by atoms with van der Waals surface area (Å²) in [6, 6.07) is 7.00. The van der Waals surface area contributed by atoms with Gasteiger partial charge in [-0.05, 0) is 38.9 Å². The van der Waals surface area contributed by atoms with E-state index in [0.29, 0.717) is 22.5 Å². The molecule has 26 heavy (non-hydrogen) atoms. The van der Waals surface area contributed by atoms with Gasteiger partial charge in [0.1, 0.15) is 5.02 Å². The van der Waals surface area contributed by atoms with Crippen molar-refractivity contribution in [1.29, 1.82) is 0 Å². The van der Waals surface area contributed by atoms with Gasteiger partial charge in [-0.3, -0.25) is 0 Å². The molecule has 140 valence electrons. The van der Waals surface area contributed by atoms with Gasteiger partial charge in [0, 0.05) is 12.6 Å². The number of para-hydroxylation sites is 1. The highest BCUT2D eigenvalue weighted by Gasteiger charge is 2.23. The second-order valence-corrected chi connectivity index (χ2v) is 9.32. The number of sulfone groups is 1. The second kappa shape index (κ2) is 7.77. The molecule has 1 aromatic heterocycles. The van der Waals surface area contributed by atoms with Crippen LogP contribution in [-0.4, -0.2) is 42.8 Å². The Morgan fingerprint density at radius 1 is 1.31 bits per heavy atom. The van der Waals surface area contributed by atoms with Gasteiger partial charge in [0.2, 0.25) is 5.95 Å². The van der Waals surface area contributed by atoms with Gasteiger partial charge in [-0.2, -0.15) is 4.98 Å². The van der Waals surface area contributed by atoms with Crippen molar-refractivity contribution < 1.29 is 8.42 Å². The molecular weight excluding hydrogens is 374 g/mol. The number of hydrogen-bond donors (Lipinski definition) is 3. The molecule has 0 radical (unpaired) electrons. The van der Waals surface area contributed by atoms with Crippen LogP contribution in [0.4, 0.5) is 17.5 Å². The van der Waals surface area contributed by atoms with E-state index >= 15 is 0 Å². The lowest BCUT2D eigenvalue weighted by atomic mass is 10.3. The van der Waals surface area contributed by atoms with Crippen LogP contribution in [0.25, 0.3) is 0 Å². The zero-order valence-corrected chi connectivity index (χ0v) is 16.2. The van der Waals surface area contributed by atoms with Gasteiger partial charge >= 0.3 is 0 Å². The van der Waals surface area contributed by atoms with E-state index in [1.54, 1.807) is 38.1 Å². The van der Waals surface area contributed by atoms with Crippen molar-refractivity contribution in [1.82, 2.24) is 15.3 Å². The molecule has 2 heterocycles. The number of benzene rings is 1. The number of anilines is 3. The van der Waals surface area contributed by atoms with Gasteiger partial charge in [-0.15, -0.1) is 0 Å². The maximum Gasteiger partial charge on any atom is 0.224 e. The number of nitrogens with one attached hydrogen (secondary N) is 3. The predicted molar refractivity (Wildman–Crippen MR) is 104 cm³/mol. The van der Waals surface area contributed by atoms with Crippen molar-refractivity contribution in [3.05, 3.63) is 35.5 Å². The molecule has 3 rings (SSSR count). The normalized spacial score (nSPS) is 17.5. The average molecular weight is 396 g/mol. The van der Waals surface area contributed by atoms with Crippen molar-refractivity contribution in [3.63, 3.8) is 0 Å². The Morgan fingerprint density at radius 2 is 2.08 bits per heavy atom. The molecule has 0 saturated carbocycles. The van der Waals surface area contributed by atoms with E-state index in [9.17, 15) is 8.42 Å². The molecule has 1 atom stereocenters. The fourth-order valence-corrected chi connectivity index (χ4v) is 4.02. The van der Waals surface area contributed by atoms with Crippen molar-refractivity contribution in [2.75, 3.05) is 23.7 Å². The lowest BCUT2D eigenvalue weighted by Gasteiger charge is -2.16. The molecule has 1 aliphatic heterocycles. The summed E-state index contributed by atoms with van der Waals surface area (Å²) in [6.07, 6.45) is 2.49. The minimum Gasteiger partial charge on any atom is -0.350 e. The first-order valence-electron chi connectivity index (χ1n) is 8.47. The number of nitrogens with zero attached hydrogens (tertiary/aromatic N) is 2. The Hall–Kier alpha value is -1.90. The summed E-state index contributed by atoms with van der Waals surface area (Å²) < 4.78 is 25.2. The summed E-state index contributed by atoms with van der Waals surface area (Å²) in [5.74, 6) is 0.816. The molecular formula is C17H22ClN5O2S. The number of halogens is 1. The van der Waals surface area contributed by atoms with Gasteiger partial charge < -0.3 is 16.0 Å². The predicted octanol–water partition coefficient (Wildman–Crippen LogP) is 2.83. The largest absolute Gasteiger partial charge is 0.350 e. The van der Waals surface area contributed by atoms with E-state index in [4.69, 9.17) is 11.6 Å². The summed E-state index contributed by atoms with van der Waals surface area (Å²) in [7, 11) is -3.44. The topological polar surface area (TPSA) is 96.0 Å². The van der Waals surface area contributed by atoms with E-state index in [-0.39, 0.29) is 10.9 Å². The maximum atomic E-state index is 12.6. The molecule has 1 aromatic carbocycles. The van der Waals surface area contributed by atoms with E-state index in [1.165, 1.54) is 6.20 Å². The van der Waals surface area contributed by atoms with Gasteiger partial charge in [-0.25, -0.2) is 13.4 Å². The highest BCUT2D eigenvalue weighted by atomic mass is 35.5. The molecule has 3 N–H and O–H groups in total. The average Bonchev–Trinajstić information content (AvgIpc) is 3.11. The zero-order chi connectivity index (χ0) is 18.7. The van der Waals surface area contributed by atoms with Crippen molar-refractivity contribution in [2.24, 2.45) is 0 Å². The summed E-state index contributed by atoms with van der Waals surface area (Å²) in [6.45, 7) is 5.11. The maximum absolute atomic E-state index is 12.6. The standard InChI is InChI=1S/C17H22ClN5O2S/c1-11(2)26(24,25)15-6-4-3-5-14(15)22-16-13(18)10-20-17(23-16)21-12-7-8-19-9-12/h3-6,10-12,19H,7-9H2,1-2H3,(H2,20,21,22,23)/t12-/m1/s1. The molecule has 0 unspecified atom stereocenters. The van der Waals surface area contributed by atoms with E-state index in [2.05, 4.69) is 25.9 Å². The van der Waals surface area contributed by atoms with Crippen LogP contribution in [0, 0.1) is 0 Å². The molecule has 7 nitrogen and oxygen atoms in total. The third-order valence-corrected chi connectivity index (χ3v) is 6.69. The van der Waals surface area contributed by atoms with Crippen LogP contribution in [0.1, 0.15) is 20.3 Å². The Balaban J connectivity index is 1.89. The third-order valence-electron chi connectivity index (χ3n) is 4.20. The SMILES string of the molecule is CC(C)S(=O)(=O)c1ccccc1Nc1nc(N[C@@H]2CCNC2)ncc1Cl. The minimum absolute atomic E-state index is 0.221. The molecule has 1 saturated heterocycles. The molecule has 0 amide bonds. The van der Waals surface area contributed by atoms with E-state index < -0.39 is 15.1 Å². The van der Waals surface area contributed by atoms with Gasteiger partial charge in [0.05, 0.1) is 22.0 Å². The Kier molecular flexibility index (Phi) is 5.64. The van der Waals surface area contributed by atoms with Crippen LogP contribution in [-0.2, 0) is 9.84 Å². The molecule has 1 fully saturated rings. The summed E-state index contributed by atoms with van der Waals surface area (Å²) >= 11 is 6.21. The smallest absolute Gasteiger partial charge is 0.224 e. The highest BCUT2D eigenvalue weighted by molar-refractivity contribution is 7.92. The number of aromatic nitrogens is 2. The molecule has 9 heteroatoms. The van der Waals surface area contributed by atoms with Crippen LogP contribution in [0.2, 0.25) is 5.02 Å². The van der Waals surface area contributed by atoms with Gasteiger partial charge in [-0.1, -0.05) is 23.7 Å². The molecule has 0 bridgehead atoms. The Labute approximate surface area is 158 Å². The third kappa shape index (κ3) is 4.08. The molecule has 2 aromatic rings. The van der Waals surface area contributed by atoms with Crippen LogP contribution in [0.15, 0.2) is 35.4 Å². The zero-order valence-electron chi connectivity index (χ0n) is 14.7. The van der Waals surface area contributed by atoms with Crippen LogP contribution >= 0.6 is 11.6 Å². The Morgan fingerprint density at radius 3 is 2.77 bits per heavy atom. The van der Waals surface area contributed by atoms with Crippen LogP contribution < -0.4 is 16.0 Å². The second-order valence-electron chi connectivity index (χ2n) is 6.44.